The van der Waals surface area contributed by atoms with Crippen LogP contribution in [0.25, 0.3) is 28.4 Å². The normalized spacial score (nSPS) is 21.8. The average Bonchev–Trinajstić information content (AvgIpc) is 2.97. The maximum Gasteiger partial charge on any atom is 0.331 e. The number of aromatic hydroxyl groups is 5. The number of carbonyl (C=O) groups excluding carboxylic acids is 1. The smallest absolute Gasteiger partial charge is 0.331 e. The first kappa shape index (κ1) is 30.2. The van der Waals surface area contributed by atoms with Gasteiger partial charge in [-0.1, -0.05) is 12.1 Å². The summed E-state index contributed by atoms with van der Waals surface area (Å²) >= 11 is 0. The van der Waals surface area contributed by atoms with Crippen molar-refractivity contribution in [2.75, 3.05) is 6.61 Å². The number of ether oxygens (including phenoxy) is 3. The minimum atomic E-state index is -1.96. The average molecular weight is 611 g/mol. The van der Waals surface area contributed by atoms with Gasteiger partial charge in [0.2, 0.25) is 17.5 Å². The molecule has 1 aromatic heterocycles. The zero-order valence-corrected chi connectivity index (χ0v) is 22.5. The van der Waals surface area contributed by atoms with Crippen LogP contribution in [-0.2, 0) is 14.3 Å². The molecule has 230 valence electrons. The van der Waals surface area contributed by atoms with Crippen LogP contribution in [0.4, 0.5) is 0 Å². The third-order valence-corrected chi connectivity index (χ3v) is 6.75. The van der Waals surface area contributed by atoms with Gasteiger partial charge < -0.3 is 59.5 Å². The molecule has 1 fully saturated rings. The van der Waals surface area contributed by atoms with Crippen molar-refractivity contribution in [3.63, 3.8) is 0 Å². The Kier molecular flexibility index (Phi) is 8.33. The van der Waals surface area contributed by atoms with E-state index in [0.29, 0.717) is 5.56 Å². The molecule has 3 aromatic carbocycles. The van der Waals surface area contributed by atoms with Gasteiger partial charge in [-0.05, 0) is 42.0 Å². The van der Waals surface area contributed by atoms with E-state index in [1.165, 1.54) is 24.3 Å². The van der Waals surface area contributed by atoms with Crippen molar-refractivity contribution in [1.82, 2.24) is 0 Å². The van der Waals surface area contributed by atoms with Crippen molar-refractivity contribution in [2.24, 2.45) is 0 Å². The van der Waals surface area contributed by atoms with Crippen molar-refractivity contribution in [2.45, 2.75) is 30.7 Å². The lowest BCUT2D eigenvalue weighted by molar-refractivity contribution is -0.280. The van der Waals surface area contributed by atoms with Crippen molar-refractivity contribution in [3.8, 4) is 45.8 Å². The van der Waals surface area contributed by atoms with E-state index >= 15 is 0 Å². The molecule has 0 aliphatic carbocycles. The van der Waals surface area contributed by atoms with Crippen molar-refractivity contribution in [3.05, 3.63) is 76.5 Å². The van der Waals surface area contributed by atoms with Gasteiger partial charge in [-0.3, -0.25) is 4.79 Å². The Labute approximate surface area is 247 Å². The molecule has 0 bridgehead atoms. The van der Waals surface area contributed by atoms with Gasteiger partial charge in [0.1, 0.15) is 40.4 Å². The number of phenols is 5. The predicted molar refractivity (Wildman–Crippen MR) is 150 cm³/mol. The van der Waals surface area contributed by atoms with Crippen molar-refractivity contribution in [1.29, 1.82) is 0 Å². The summed E-state index contributed by atoms with van der Waals surface area (Å²) in [5.74, 6) is -4.38. The van der Waals surface area contributed by atoms with Crippen molar-refractivity contribution < 1.29 is 64.3 Å². The van der Waals surface area contributed by atoms with Crippen LogP contribution in [0.5, 0.6) is 34.5 Å². The lowest BCUT2D eigenvalue weighted by atomic mass is 9.99. The van der Waals surface area contributed by atoms with Crippen molar-refractivity contribution >= 4 is 23.0 Å². The number of fused-ring (bicyclic) bond motifs is 1. The number of rotatable bonds is 7. The van der Waals surface area contributed by atoms with Gasteiger partial charge in [0.15, 0.2) is 29.5 Å². The summed E-state index contributed by atoms with van der Waals surface area (Å²) in [6.45, 7) is -0.827. The molecule has 5 unspecified atom stereocenters. The predicted octanol–water partition coefficient (Wildman–Crippen LogP) is 1.43. The molecule has 5 rings (SSSR count). The SMILES string of the molecule is O=C(C=Cc1cccc(O)c1)OC1C(O)C(CO)OC(Oc2c(-c3ccc(O)c(O)c3)oc3cc(O)cc(O)c3c2=O)C1O. The largest absolute Gasteiger partial charge is 0.508 e. The van der Waals surface area contributed by atoms with E-state index in [-0.39, 0.29) is 16.9 Å². The third-order valence-electron chi connectivity index (χ3n) is 6.75. The van der Waals surface area contributed by atoms with Crippen LogP contribution in [0.2, 0.25) is 0 Å². The number of aliphatic hydroxyl groups is 3. The number of hydrogen-bond acceptors (Lipinski definition) is 14. The molecule has 4 aromatic rings. The fraction of sp³-hybridized carbons (Fsp3) is 0.200. The molecular weight excluding hydrogens is 584 g/mol. The summed E-state index contributed by atoms with van der Waals surface area (Å²) in [5, 5.41) is 80.8. The van der Waals surface area contributed by atoms with E-state index in [4.69, 9.17) is 18.6 Å². The monoisotopic (exact) mass is 610 g/mol. The molecule has 0 amide bonds. The van der Waals surface area contributed by atoms with E-state index < -0.39 is 88.6 Å². The van der Waals surface area contributed by atoms with E-state index in [2.05, 4.69) is 0 Å². The lowest BCUT2D eigenvalue weighted by Gasteiger charge is -2.41. The second-order valence-electron chi connectivity index (χ2n) is 9.79. The Morgan fingerprint density at radius 3 is 2.36 bits per heavy atom. The molecule has 14 heteroatoms. The van der Waals surface area contributed by atoms with Gasteiger partial charge in [0, 0.05) is 23.8 Å². The van der Waals surface area contributed by atoms with E-state index in [1.807, 2.05) is 0 Å². The Balaban J connectivity index is 1.52. The summed E-state index contributed by atoms with van der Waals surface area (Å²) in [6.07, 6.45) is -6.54. The number of aliphatic hydroxyl groups excluding tert-OH is 3. The molecule has 0 radical (unpaired) electrons. The molecule has 8 N–H and O–H groups in total. The van der Waals surface area contributed by atoms with Gasteiger partial charge in [-0.15, -0.1) is 0 Å². The summed E-state index contributed by atoms with van der Waals surface area (Å²) in [4.78, 5) is 26.2. The minimum absolute atomic E-state index is 0.0266. The van der Waals surface area contributed by atoms with E-state index in [1.54, 1.807) is 12.1 Å². The van der Waals surface area contributed by atoms with Gasteiger partial charge >= 0.3 is 5.97 Å². The maximum absolute atomic E-state index is 13.6. The van der Waals surface area contributed by atoms with Crippen LogP contribution < -0.4 is 10.2 Å². The lowest BCUT2D eigenvalue weighted by Crippen LogP contribution is -2.61. The zero-order chi connectivity index (χ0) is 31.7. The van der Waals surface area contributed by atoms with E-state index in [9.17, 15) is 50.4 Å². The molecule has 2 heterocycles. The number of carbonyl (C=O) groups is 1. The Morgan fingerprint density at radius 1 is 0.886 bits per heavy atom. The second kappa shape index (κ2) is 12.1. The molecular formula is C30H26O14. The molecule has 5 atom stereocenters. The highest BCUT2D eigenvalue weighted by Gasteiger charge is 2.48. The quantitative estimate of drug-likeness (QED) is 0.0840. The minimum Gasteiger partial charge on any atom is -0.508 e. The molecule has 1 aliphatic heterocycles. The topological polar surface area (TPSA) is 237 Å². The number of hydrogen-bond donors (Lipinski definition) is 8. The van der Waals surface area contributed by atoms with Gasteiger partial charge in [-0.25, -0.2) is 4.79 Å². The number of esters is 1. The van der Waals surface area contributed by atoms with Gasteiger partial charge in [0.25, 0.3) is 0 Å². The second-order valence-corrected chi connectivity index (χ2v) is 9.79. The molecule has 0 saturated carbocycles. The van der Waals surface area contributed by atoms with E-state index in [0.717, 1.165) is 30.3 Å². The highest BCUT2D eigenvalue weighted by Crippen LogP contribution is 2.39. The number of phenolic OH excluding ortho intramolecular Hbond substituents is 5. The summed E-state index contributed by atoms with van der Waals surface area (Å²) in [5.41, 5.74) is -0.893. The third kappa shape index (κ3) is 5.95. The first-order valence-corrected chi connectivity index (χ1v) is 13.0. The Bertz CT molecular complexity index is 1800. The molecule has 0 spiro atoms. The van der Waals surface area contributed by atoms with Crippen LogP contribution in [0.1, 0.15) is 5.56 Å². The summed E-state index contributed by atoms with van der Waals surface area (Å²) in [6, 6.07) is 11.2. The van der Waals surface area contributed by atoms with Gasteiger partial charge in [0.05, 0.1) is 6.61 Å². The fourth-order valence-electron chi connectivity index (χ4n) is 4.60. The Hall–Kier alpha value is -5.28. The molecule has 44 heavy (non-hydrogen) atoms. The molecule has 1 aliphatic rings. The number of benzene rings is 3. The van der Waals surface area contributed by atoms with Crippen LogP contribution in [0.3, 0.4) is 0 Å². The molecule has 1 saturated heterocycles. The standard InChI is InChI=1S/C30H26O14/c31-12-21-24(38)28(43-22(37)7-4-13-2-1-3-15(32)8-13)26(40)30(42-21)44-29-25(39)23-19(36)10-16(33)11-20(23)41-27(29)14-5-6-17(34)18(35)9-14/h1-11,21,24,26,28,30-36,38,40H,12H2. The van der Waals surface area contributed by atoms with Crippen LogP contribution in [-0.4, -0.2) is 84.1 Å². The van der Waals surface area contributed by atoms with Crippen LogP contribution >= 0.6 is 0 Å². The first-order chi connectivity index (χ1) is 21.0. The van der Waals surface area contributed by atoms with Crippen LogP contribution in [0, 0.1) is 0 Å². The maximum atomic E-state index is 13.6. The van der Waals surface area contributed by atoms with Crippen LogP contribution in [0.15, 0.2) is 69.9 Å². The van der Waals surface area contributed by atoms with Gasteiger partial charge in [-0.2, -0.15) is 0 Å². The first-order valence-electron chi connectivity index (χ1n) is 13.0. The zero-order valence-electron chi connectivity index (χ0n) is 22.5. The highest BCUT2D eigenvalue weighted by molar-refractivity contribution is 5.89. The summed E-state index contributed by atoms with van der Waals surface area (Å²) < 4.78 is 22.2. The Morgan fingerprint density at radius 2 is 1.66 bits per heavy atom. The highest BCUT2D eigenvalue weighted by atomic mass is 16.7. The summed E-state index contributed by atoms with van der Waals surface area (Å²) in [7, 11) is 0. The fourth-order valence-corrected chi connectivity index (χ4v) is 4.60. The molecule has 14 nitrogen and oxygen atoms in total.